The van der Waals surface area contributed by atoms with Gasteiger partial charge >= 0.3 is 12.2 Å². The van der Waals surface area contributed by atoms with Crippen LogP contribution in [-0.2, 0) is 27.4 Å². The van der Waals surface area contributed by atoms with Crippen molar-refractivity contribution in [3.8, 4) is 0 Å². The van der Waals surface area contributed by atoms with Crippen LogP contribution in [0.1, 0.15) is 49.6 Å². The number of nitrogens with zero attached hydrogens (tertiary/aromatic N) is 1. The zero-order chi connectivity index (χ0) is 27.7. The number of thiophene rings is 1. The van der Waals surface area contributed by atoms with Gasteiger partial charge in [-0.3, -0.25) is 20.4 Å². The summed E-state index contributed by atoms with van der Waals surface area (Å²) in [6, 6.07) is 9.68. The molecule has 0 bridgehead atoms. The monoisotopic (exact) mass is 548 g/mol. The molecule has 1 saturated carbocycles. The largest absolute Gasteiger partial charge is 0.444 e. The Balaban J connectivity index is 1.31. The number of benzene rings is 1. The fourth-order valence-corrected chi connectivity index (χ4v) is 5.15. The lowest BCUT2D eigenvalue weighted by Gasteiger charge is -2.28. The first-order valence-electron chi connectivity index (χ1n) is 12.1. The molecule has 3 N–H and O–H groups in total. The summed E-state index contributed by atoms with van der Waals surface area (Å²) in [5.74, 6) is -3.63. The van der Waals surface area contributed by atoms with Crippen LogP contribution in [-0.4, -0.2) is 52.9 Å². The maximum absolute atomic E-state index is 14.1. The van der Waals surface area contributed by atoms with Gasteiger partial charge in [-0.15, -0.1) is 11.3 Å². The topological polar surface area (TPSA) is 121 Å². The second-order valence-corrected chi connectivity index (χ2v) is 11.6. The molecule has 1 saturated heterocycles. The highest BCUT2D eigenvalue weighted by Crippen LogP contribution is 2.66. The molecule has 12 heteroatoms. The van der Waals surface area contributed by atoms with Gasteiger partial charge in [0.25, 0.3) is 5.92 Å². The quantitative estimate of drug-likeness (QED) is 0.359. The summed E-state index contributed by atoms with van der Waals surface area (Å²) in [5, 5.41) is 14.8. The van der Waals surface area contributed by atoms with Crippen molar-refractivity contribution in [2.75, 3.05) is 6.54 Å². The van der Waals surface area contributed by atoms with Crippen LogP contribution in [0.5, 0.6) is 0 Å². The average molecular weight is 549 g/mol. The van der Waals surface area contributed by atoms with E-state index in [0.717, 1.165) is 10.5 Å². The molecule has 1 spiro atoms. The Morgan fingerprint density at radius 1 is 1.21 bits per heavy atom. The molecule has 2 atom stereocenters. The lowest BCUT2D eigenvalue weighted by molar-refractivity contribution is -0.125. The molecule has 3 amide bonds. The summed E-state index contributed by atoms with van der Waals surface area (Å²) in [7, 11) is 0. The van der Waals surface area contributed by atoms with Crippen LogP contribution >= 0.6 is 11.3 Å². The summed E-state index contributed by atoms with van der Waals surface area (Å²) >= 11 is 1.25. The zero-order valence-corrected chi connectivity index (χ0v) is 22.1. The second-order valence-electron chi connectivity index (χ2n) is 10.6. The van der Waals surface area contributed by atoms with Crippen LogP contribution in [0.25, 0.3) is 0 Å². The number of carbonyl (C=O) groups is 3. The lowest BCUT2D eigenvalue weighted by Crippen LogP contribution is -2.47. The maximum atomic E-state index is 14.1. The van der Waals surface area contributed by atoms with E-state index in [1.807, 2.05) is 30.3 Å². The van der Waals surface area contributed by atoms with E-state index in [9.17, 15) is 23.2 Å². The van der Waals surface area contributed by atoms with E-state index in [-0.39, 0.29) is 38.4 Å². The smallest absolute Gasteiger partial charge is 0.413 e. The normalized spacial score (nSPS) is 21.6. The van der Waals surface area contributed by atoms with Crippen molar-refractivity contribution < 1.29 is 32.6 Å². The molecule has 204 valence electrons. The minimum absolute atomic E-state index is 0.0650. The molecule has 2 aliphatic rings. The molecule has 1 aromatic heterocycles. The number of hydrogen-bond donors (Lipinski definition) is 3. The number of ether oxygens (including phenoxy) is 2. The summed E-state index contributed by atoms with van der Waals surface area (Å²) < 4.78 is 38.7. The first-order valence-corrected chi connectivity index (χ1v) is 13.0. The van der Waals surface area contributed by atoms with Crippen LogP contribution in [0.15, 0.2) is 41.8 Å². The number of carbonyl (C=O) groups excluding carboxylic acids is 3. The van der Waals surface area contributed by atoms with Crippen molar-refractivity contribution in [3.63, 3.8) is 0 Å². The van der Waals surface area contributed by atoms with Gasteiger partial charge < -0.3 is 14.8 Å². The molecule has 4 rings (SSSR count). The summed E-state index contributed by atoms with van der Waals surface area (Å²) in [5.41, 5.74) is -0.993. The summed E-state index contributed by atoms with van der Waals surface area (Å²) in [6.45, 7) is 4.90. The minimum Gasteiger partial charge on any atom is -0.444 e. The van der Waals surface area contributed by atoms with Crippen LogP contribution in [0.3, 0.4) is 0 Å². The number of nitrogens with one attached hydrogen (secondary N) is 3. The van der Waals surface area contributed by atoms with E-state index >= 15 is 0 Å². The van der Waals surface area contributed by atoms with Crippen LogP contribution in [0.2, 0.25) is 0 Å². The Morgan fingerprint density at radius 3 is 2.53 bits per heavy atom. The second kappa shape index (κ2) is 10.3. The van der Waals surface area contributed by atoms with Gasteiger partial charge in [-0.1, -0.05) is 30.3 Å². The summed E-state index contributed by atoms with van der Waals surface area (Å²) in [4.78, 5) is 39.5. The van der Waals surface area contributed by atoms with E-state index in [1.54, 1.807) is 32.2 Å². The third-order valence-corrected chi connectivity index (χ3v) is 7.33. The summed E-state index contributed by atoms with van der Waals surface area (Å²) in [6.07, 6.45) is -2.07. The predicted molar refractivity (Wildman–Crippen MR) is 136 cm³/mol. The highest BCUT2D eigenvalue weighted by molar-refractivity contribution is 7.10. The highest BCUT2D eigenvalue weighted by atomic mass is 32.1. The Labute approximate surface area is 223 Å². The van der Waals surface area contributed by atoms with Gasteiger partial charge in [0.1, 0.15) is 24.1 Å². The molecule has 1 aliphatic carbocycles. The highest BCUT2D eigenvalue weighted by Gasteiger charge is 2.75. The van der Waals surface area contributed by atoms with Gasteiger partial charge in [-0.05, 0) is 38.8 Å². The van der Waals surface area contributed by atoms with E-state index in [2.05, 4.69) is 10.6 Å². The number of amidine groups is 1. The first kappa shape index (κ1) is 27.5. The number of halogens is 2. The maximum Gasteiger partial charge on any atom is 0.413 e. The molecule has 2 aromatic rings. The Bertz CT molecular complexity index is 1230. The van der Waals surface area contributed by atoms with Crippen LogP contribution < -0.4 is 10.6 Å². The molecule has 0 radical (unpaired) electrons. The van der Waals surface area contributed by atoms with Crippen molar-refractivity contribution >= 4 is 35.3 Å². The zero-order valence-electron chi connectivity index (χ0n) is 21.3. The Hall–Kier alpha value is -3.54. The molecule has 1 aromatic carbocycles. The molecule has 38 heavy (non-hydrogen) atoms. The van der Waals surface area contributed by atoms with E-state index in [1.165, 1.54) is 11.3 Å². The lowest BCUT2D eigenvalue weighted by atomic mass is 10.0. The third kappa shape index (κ3) is 6.29. The van der Waals surface area contributed by atoms with E-state index in [4.69, 9.17) is 14.9 Å². The van der Waals surface area contributed by atoms with Crippen LogP contribution in [0.4, 0.5) is 18.4 Å². The van der Waals surface area contributed by atoms with E-state index < -0.39 is 41.1 Å². The van der Waals surface area contributed by atoms with Gasteiger partial charge in [0, 0.05) is 28.8 Å². The fraction of sp³-hybridized carbons (Fsp3) is 0.462. The molecule has 9 nitrogen and oxygen atoms in total. The molecule has 1 aliphatic heterocycles. The average Bonchev–Trinajstić information content (AvgIpc) is 3.21. The number of alkyl halides is 2. The minimum atomic E-state index is -2.92. The van der Waals surface area contributed by atoms with Crippen molar-refractivity contribution in [2.45, 2.75) is 64.3 Å². The molecule has 2 fully saturated rings. The number of hydrogen-bond acceptors (Lipinski definition) is 7. The predicted octanol–water partition coefficient (Wildman–Crippen LogP) is 4.65. The van der Waals surface area contributed by atoms with Crippen molar-refractivity contribution in [2.24, 2.45) is 5.41 Å². The number of rotatable bonds is 6. The third-order valence-electron chi connectivity index (χ3n) is 6.39. The van der Waals surface area contributed by atoms with Gasteiger partial charge in [-0.25, -0.2) is 18.4 Å². The molecular weight excluding hydrogens is 518 g/mol. The SMILES string of the molecule is CC(C)(C)OC(=O)N1C[C@@]2(C[C@H]1C(=O)NCc1cc(C(=N)NC(=O)OCc3ccccc3)cs1)CC2(F)F. The standard InChI is InChI=1S/C26H30F2N4O5S/c1-24(2,3)37-23(35)32-15-25(14-26(25,27)28)10-19(32)21(33)30-11-18-9-17(13-38-18)20(29)31-22(34)36-12-16-7-5-4-6-8-16/h4-9,13,19H,10-12,14-15H2,1-3H3,(H,30,33)(H2,29,31,34)/t19-,25+/m0/s1. The van der Waals surface area contributed by atoms with Gasteiger partial charge in [0.05, 0.1) is 12.0 Å². The van der Waals surface area contributed by atoms with Gasteiger partial charge in [0.2, 0.25) is 5.91 Å². The molecular formula is C26H30F2N4O5S. The van der Waals surface area contributed by atoms with Crippen molar-refractivity contribution in [1.29, 1.82) is 5.41 Å². The van der Waals surface area contributed by atoms with Gasteiger partial charge in [0.15, 0.2) is 0 Å². The fourth-order valence-electron chi connectivity index (χ4n) is 4.33. The van der Waals surface area contributed by atoms with Crippen molar-refractivity contribution in [3.05, 3.63) is 57.8 Å². The Morgan fingerprint density at radius 2 is 1.89 bits per heavy atom. The number of amides is 3. The van der Waals surface area contributed by atoms with E-state index in [0.29, 0.717) is 10.4 Å². The molecule has 0 unspecified atom stereocenters. The number of alkyl carbamates (subject to hydrolysis) is 1. The Kier molecular flexibility index (Phi) is 7.46. The van der Waals surface area contributed by atoms with Crippen molar-refractivity contribution in [1.82, 2.24) is 15.5 Å². The van der Waals surface area contributed by atoms with Gasteiger partial charge in [-0.2, -0.15) is 0 Å². The van der Waals surface area contributed by atoms with Crippen LogP contribution in [0, 0.1) is 10.8 Å². The number of likely N-dealkylation sites (tertiary alicyclic amines) is 1. The molecule has 2 heterocycles. The first-order chi connectivity index (χ1) is 17.8.